The second-order valence-corrected chi connectivity index (χ2v) is 8.63. The third-order valence-corrected chi connectivity index (χ3v) is 4.70. The van der Waals surface area contributed by atoms with Crippen molar-refractivity contribution in [3.63, 3.8) is 0 Å². The van der Waals surface area contributed by atoms with Crippen molar-refractivity contribution in [2.75, 3.05) is 0 Å². The van der Waals surface area contributed by atoms with Crippen LogP contribution in [0, 0.1) is 22.6 Å². The number of ketones is 1. The zero-order chi connectivity index (χ0) is 19.8. The summed E-state index contributed by atoms with van der Waals surface area (Å²) in [5, 5.41) is 5.43. The molecule has 2 nitrogen and oxygen atoms in total. The van der Waals surface area contributed by atoms with Crippen LogP contribution in [0.25, 0.3) is 0 Å². The van der Waals surface area contributed by atoms with E-state index in [2.05, 4.69) is 0 Å². The average Bonchev–Trinajstić information content (AvgIpc) is 2.56. The van der Waals surface area contributed by atoms with Crippen molar-refractivity contribution in [2.24, 2.45) is 22.6 Å². The van der Waals surface area contributed by atoms with Crippen LogP contribution in [0.5, 0.6) is 0 Å². The molecule has 1 aliphatic carbocycles. The summed E-state index contributed by atoms with van der Waals surface area (Å²) < 4.78 is 16.5. The van der Waals surface area contributed by atoms with Gasteiger partial charge in [-0.3, -0.25) is 4.79 Å². The van der Waals surface area contributed by atoms with Crippen molar-refractivity contribution in [3.05, 3.63) is 60.2 Å². The first-order valence-corrected chi connectivity index (χ1v) is 8.52. The highest BCUT2D eigenvalue weighted by Crippen LogP contribution is 2.47. The van der Waals surface area contributed by atoms with Gasteiger partial charge in [-0.15, -0.1) is 0 Å². The monoisotopic (exact) mass is 328 g/mol. The summed E-state index contributed by atoms with van der Waals surface area (Å²) in [7, 11) is 0. The zero-order valence-corrected chi connectivity index (χ0v) is 15.6. The van der Waals surface area contributed by atoms with Crippen molar-refractivity contribution >= 4 is 5.78 Å². The topological polar surface area (TPSA) is 37.3 Å². The van der Waals surface area contributed by atoms with Crippen LogP contribution >= 0.6 is 0 Å². The fraction of sp³-hybridized carbons (Fsp3) is 0.500. The molecule has 24 heavy (non-hydrogen) atoms. The second-order valence-electron chi connectivity index (χ2n) is 8.63. The van der Waals surface area contributed by atoms with Crippen LogP contribution in [0.3, 0.4) is 0 Å². The maximum Gasteiger partial charge on any atom is 0.211 e. The van der Waals surface area contributed by atoms with Gasteiger partial charge < -0.3 is 5.11 Å². The van der Waals surface area contributed by atoms with Gasteiger partial charge in [-0.1, -0.05) is 96.2 Å². The Kier molecular flexibility index (Phi) is 4.17. The number of hydrogen-bond acceptors (Lipinski definition) is 2. The van der Waals surface area contributed by atoms with E-state index in [4.69, 9.17) is 7.91 Å². The molecule has 1 aromatic carbocycles. The molecule has 0 fully saturated rings. The molecule has 0 spiro atoms. The molecule has 2 heteroatoms. The molecule has 0 saturated heterocycles. The lowest BCUT2D eigenvalue weighted by Crippen LogP contribution is -2.46. The van der Waals surface area contributed by atoms with Gasteiger partial charge in [-0.2, -0.15) is 0 Å². The summed E-state index contributed by atoms with van der Waals surface area (Å²) in [6.45, 7) is 11.6. The van der Waals surface area contributed by atoms with E-state index in [0.717, 1.165) is 5.56 Å². The van der Waals surface area contributed by atoms with E-state index in [0.29, 0.717) is 0 Å². The number of hydrogen-bond donors (Lipinski definition) is 1. The molecule has 0 unspecified atom stereocenters. The first-order valence-electron chi connectivity index (χ1n) is 9.43. The second kappa shape index (κ2) is 6.33. The Labute approximate surface area is 149 Å². The summed E-state index contributed by atoms with van der Waals surface area (Å²) in [6, 6.07) is 9.73. The van der Waals surface area contributed by atoms with E-state index in [9.17, 15) is 4.79 Å². The summed E-state index contributed by atoms with van der Waals surface area (Å²) in [5.41, 5.74) is -1.00. The van der Waals surface area contributed by atoms with Crippen LogP contribution in [0.2, 0.25) is 0 Å². The first kappa shape index (κ1) is 15.8. The molecule has 0 amide bonds. The summed E-state index contributed by atoms with van der Waals surface area (Å²) in [4.78, 5) is 12.7. The number of allylic oxidation sites excluding steroid dienone is 2. The summed E-state index contributed by atoms with van der Waals surface area (Å²) >= 11 is 0. The standard InChI is InChI=1S/C22H30O2/c1-20(2,3)19(23)16-12-14-18(15-13-16)22(24,21(4,5)6)17-10-8-7-9-11-17/h7-16,18,24H,1-6H3/t16?,18?,22-/m1/s1/i16D,24D. The number of Topliss-reactive ketones (excluding diaryl/α,β-unsaturated/α-hetero) is 1. The highest BCUT2D eigenvalue weighted by molar-refractivity contribution is 5.89. The quantitative estimate of drug-likeness (QED) is 0.799. The molecule has 1 atom stereocenters. The number of carbonyl (C=O) groups excluding carboxylic acids is 1. The third kappa shape index (κ3) is 3.39. The van der Waals surface area contributed by atoms with E-state index in [-0.39, 0.29) is 17.1 Å². The molecule has 1 aliphatic rings. The predicted molar refractivity (Wildman–Crippen MR) is 99.5 cm³/mol. The highest BCUT2D eigenvalue weighted by atomic mass is 16.3. The van der Waals surface area contributed by atoms with Crippen molar-refractivity contribution in [3.8, 4) is 0 Å². The normalized spacial score (nSPS) is 28.0. The van der Waals surface area contributed by atoms with Crippen LogP contribution in [0.1, 0.15) is 48.5 Å². The lowest BCUT2D eigenvalue weighted by molar-refractivity contribution is -0.127. The minimum Gasteiger partial charge on any atom is -0.384 e. The fourth-order valence-corrected chi connectivity index (χ4v) is 3.20. The zero-order valence-electron chi connectivity index (χ0n) is 17.6. The SMILES string of the molecule is [2H]O[C@](c1ccccc1)(C1C=CC([2H])(C(=O)C(C)(C)C)C=C1)C(C)(C)C. The van der Waals surface area contributed by atoms with Gasteiger partial charge in [0.25, 0.3) is 0 Å². The van der Waals surface area contributed by atoms with Crippen LogP contribution in [-0.4, -0.2) is 12.3 Å². The number of aliphatic hydroxyl groups is 1. The lowest BCUT2D eigenvalue weighted by atomic mass is 9.64. The molecule has 0 aliphatic heterocycles. The molecule has 0 saturated carbocycles. The van der Waals surface area contributed by atoms with Crippen molar-refractivity contribution < 1.29 is 11.3 Å². The Morgan fingerprint density at radius 2 is 1.54 bits per heavy atom. The molecule has 0 aromatic heterocycles. The Morgan fingerprint density at radius 1 is 1.00 bits per heavy atom. The molecule has 130 valence electrons. The molecule has 1 N–H and O–H groups in total. The summed E-state index contributed by atoms with van der Waals surface area (Å²) in [5.74, 6) is -1.78. The third-order valence-electron chi connectivity index (χ3n) is 4.70. The average molecular weight is 328 g/mol. The van der Waals surface area contributed by atoms with Crippen LogP contribution in [0.4, 0.5) is 0 Å². The van der Waals surface area contributed by atoms with Gasteiger partial charge in [0, 0.05) is 12.7 Å². The van der Waals surface area contributed by atoms with Crippen molar-refractivity contribution in [2.45, 2.75) is 47.1 Å². The van der Waals surface area contributed by atoms with Gasteiger partial charge in [-0.05, 0) is 11.0 Å². The Hall–Kier alpha value is -1.67. The van der Waals surface area contributed by atoms with Gasteiger partial charge >= 0.3 is 0 Å². The van der Waals surface area contributed by atoms with Gasteiger partial charge in [0.1, 0.15) is 11.4 Å². The molecule has 2 rings (SSSR count). The molecular formula is C22H30O2. The Balaban J connectivity index is 2.50. The maximum atomic E-state index is 12.7. The van der Waals surface area contributed by atoms with E-state index in [1.54, 1.807) is 12.2 Å². The van der Waals surface area contributed by atoms with Crippen molar-refractivity contribution in [1.29, 1.82) is 1.43 Å². The maximum absolute atomic E-state index is 12.7. The number of rotatable bonds is 4. The van der Waals surface area contributed by atoms with Gasteiger partial charge in [0.15, 0.2) is 0 Å². The van der Waals surface area contributed by atoms with Gasteiger partial charge in [0.2, 0.25) is 1.43 Å². The highest BCUT2D eigenvalue weighted by Gasteiger charge is 2.46. The minimum atomic E-state index is -1.38. The Bertz CT molecular complexity index is 694. The first-order chi connectivity index (χ1) is 11.9. The van der Waals surface area contributed by atoms with Crippen molar-refractivity contribution in [1.82, 2.24) is 0 Å². The van der Waals surface area contributed by atoms with Gasteiger partial charge in [0.05, 0.1) is 5.89 Å². The summed E-state index contributed by atoms with van der Waals surface area (Å²) in [6.07, 6.45) is 6.99. The smallest absolute Gasteiger partial charge is 0.211 e. The molecule has 1 aromatic rings. The Morgan fingerprint density at radius 3 is 1.96 bits per heavy atom. The predicted octanol–water partition coefficient (Wildman–Crippen LogP) is 4.89. The minimum absolute atomic E-state index is 0.149. The van der Waals surface area contributed by atoms with E-state index in [1.807, 2.05) is 84.0 Å². The van der Waals surface area contributed by atoms with E-state index in [1.165, 1.54) is 0 Å². The fourth-order valence-electron chi connectivity index (χ4n) is 3.20. The van der Waals surface area contributed by atoms with E-state index < -0.39 is 16.9 Å². The van der Waals surface area contributed by atoms with Crippen LogP contribution in [0.15, 0.2) is 54.6 Å². The van der Waals surface area contributed by atoms with Gasteiger partial charge in [-0.25, -0.2) is 0 Å². The molecule has 0 radical (unpaired) electrons. The molecular weight excluding hydrogens is 296 g/mol. The van der Waals surface area contributed by atoms with E-state index >= 15 is 0 Å². The van der Waals surface area contributed by atoms with Crippen LogP contribution < -0.4 is 0 Å². The molecule has 0 heterocycles. The number of carbonyl (C=O) groups is 1. The number of benzene rings is 1. The largest absolute Gasteiger partial charge is 0.384 e. The van der Waals surface area contributed by atoms with Crippen LogP contribution in [-0.2, 0) is 10.4 Å². The molecule has 0 bridgehead atoms. The lowest BCUT2D eigenvalue weighted by Gasteiger charge is -2.45.